The standard InChI is InChI=1S/C13H25N5O2S/c1-9(2)7-18-12(14)11(21(4,19)20)13(16-18)17-6-5-15-10(3)8-17/h9-10,15H,5-8,14H2,1-4H3. The molecular weight excluding hydrogens is 290 g/mol. The summed E-state index contributed by atoms with van der Waals surface area (Å²) in [4.78, 5) is 2.17. The van der Waals surface area contributed by atoms with Gasteiger partial charge in [0.15, 0.2) is 20.6 Å². The molecule has 21 heavy (non-hydrogen) atoms. The predicted octanol–water partition coefficient (Wildman–Crippen LogP) is 0.323. The van der Waals surface area contributed by atoms with E-state index in [1.165, 1.54) is 6.26 Å². The van der Waals surface area contributed by atoms with Crippen LogP contribution < -0.4 is 16.0 Å². The maximum atomic E-state index is 12.1. The Balaban J connectivity index is 2.48. The topological polar surface area (TPSA) is 93.2 Å². The Labute approximate surface area is 126 Å². The number of nitrogens with two attached hydrogens (primary N) is 1. The van der Waals surface area contributed by atoms with Crippen LogP contribution in [0.25, 0.3) is 0 Å². The van der Waals surface area contributed by atoms with Crippen molar-refractivity contribution < 1.29 is 8.42 Å². The molecule has 0 aliphatic carbocycles. The Morgan fingerprint density at radius 2 is 2.14 bits per heavy atom. The number of nitrogens with one attached hydrogen (secondary N) is 1. The third kappa shape index (κ3) is 3.49. The number of nitrogens with zero attached hydrogens (tertiary/aromatic N) is 3. The zero-order valence-electron chi connectivity index (χ0n) is 13.1. The van der Waals surface area contributed by atoms with Gasteiger partial charge in [-0.1, -0.05) is 13.8 Å². The molecule has 1 aliphatic heterocycles. The van der Waals surface area contributed by atoms with E-state index in [1.807, 2.05) is 18.7 Å². The van der Waals surface area contributed by atoms with Gasteiger partial charge in [-0.25, -0.2) is 13.1 Å². The SMILES string of the molecule is CC(C)Cn1nc(N2CCNC(C)C2)c(S(C)(=O)=O)c1N. The second-order valence-electron chi connectivity index (χ2n) is 6.19. The molecule has 2 rings (SSSR count). The molecule has 1 atom stereocenters. The molecule has 1 unspecified atom stereocenters. The summed E-state index contributed by atoms with van der Waals surface area (Å²) < 4.78 is 25.9. The van der Waals surface area contributed by atoms with Crippen LogP contribution in [0.1, 0.15) is 20.8 Å². The van der Waals surface area contributed by atoms with E-state index < -0.39 is 9.84 Å². The average Bonchev–Trinajstić information content (AvgIpc) is 2.66. The number of anilines is 2. The average molecular weight is 315 g/mol. The van der Waals surface area contributed by atoms with Gasteiger partial charge in [0.25, 0.3) is 0 Å². The van der Waals surface area contributed by atoms with Crippen LogP contribution in [0, 0.1) is 5.92 Å². The number of piperazine rings is 1. The van der Waals surface area contributed by atoms with Crippen molar-refractivity contribution in [1.82, 2.24) is 15.1 Å². The number of hydrogen-bond donors (Lipinski definition) is 2. The van der Waals surface area contributed by atoms with Gasteiger partial charge < -0.3 is 16.0 Å². The molecule has 1 aromatic heterocycles. The van der Waals surface area contributed by atoms with E-state index in [1.54, 1.807) is 4.68 Å². The highest BCUT2D eigenvalue weighted by molar-refractivity contribution is 7.91. The van der Waals surface area contributed by atoms with Crippen molar-refractivity contribution in [3.8, 4) is 0 Å². The number of hydrogen-bond acceptors (Lipinski definition) is 6. The molecule has 2 heterocycles. The number of aromatic nitrogens is 2. The van der Waals surface area contributed by atoms with E-state index in [-0.39, 0.29) is 10.7 Å². The molecule has 1 fully saturated rings. The lowest BCUT2D eigenvalue weighted by molar-refractivity contribution is 0.468. The van der Waals surface area contributed by atoms with Crippen molar-refractivity contribution in [2.45, 2.75) is 38.3 Å². The van der Waals surface area contributed by atoms with Gasteiger partial charge >= 0.3 is 0 Å². The van der Waals surface area contributed by atoms with E-state index >= 15 is 0 Å². The molecule has 0 radical (unpaired) electrons. The monoisotopic (exact) mass is 315 g/mol. The van der Waals surface area contributed by atoms with E-state index in [0.29, 0.717) is 24.3 Å². The third-order valence-electron chi connectivity index (χ3n) is 3.51. The normalized spacial score (nSPS) is 20.2. The Bertz CT molecular complexity index is 608. The van der Waals surface area contributed by atoms with Crippen LogP contribution in [0.3, 0.4) is 0 Å². The lowest BCUT2D eigenvalue weighted by Crippen LogP contribution is -2.49. The molecule has 1 aliphatic rings. The zero-order chi connectivity index (χ0) is 15.8. The van der Waals surface area contributed by atoms with E-state index in [9.17, 15) is 8.42 Å². The van der Waals surface area contributed by atoms with Crippen molar-refractivity contribution in [2.24, 2.45) is 5.92 Å². The van der Waals surface area contributed by atoms with Crippen molar-refractivity contribution in [3.63, 3.8) is 0 Å². The van der Waals surface area contributed by atoms with Crippen LogP contribution in [-0.4, -0.2) is 50.1 Å². The van der Waals surface area contributed by atoms with Gasteiger partial charge in [0.1, 0.15) is 5.82 Å². The van der Waals surface area contributed by atoms with Crippen LogP contribution in [-0.2, 0) is 16.4 Å². The predicted molar refractivity (Wildman–Crippen MR) is 84.3 cm³/mol. The highest BCUT2D eigenvalue weighted by Gasteiger charge is 2.29. The van der Waals surface area contributed by atoms with Crippen LogP contribution in [0.5, 0.6) is 0 Å². The van der Waals surface area contributed by atoms with Crippen molar-refractivity contribution >= 4 is 21.5 Å². The Kier molecular flexibility index (Phi) is 4.48. The molecular formula is C13H25N5O2S. The molecule has 0 amide bonds. The molecule has 0 aromatic carbocycles. The molecule has 1 aromatic rings. The molecule has 8 heteroatoms. The van der Waals surface area contributed by atoms with Crippen molar-refractivity contribution in [2.75, 3.05) is 36.5 Å². The van der Waals surface area contributed by atoms with E-state index in [0.717, 1.165) is 19.6 Å². The fourth-order valence-electron chi connectivity index (χ4n) is 2.62. The maximum Gasteiger partial charge on any atom is 0.182 e. The maximum absolute atomic E-state index is 12.1. The number of rotatable bonds is 4. The van der Waals surface area contributed by atoms with E-state index in [2.05, 4.69) is 17.3 Å². The van der Waals surface area contributed by atoms with Crippen LogP contribution in [0.4, 0.5) is 11.6 Å². The summed E-state index contributed by atoms with van der Waals surface area (Å²) in [7, 11) is -3.42. The fraction of sp³-hybridized carbons (Fsp3) is 0.769. The second kappa shape index (κ2) is 5.84. The summed E-state index contributed by atoms with van der Waals surface area (Å²) in [6.07, 6.45) is 1.19. The Morgan fingerprint density at radius 1 is 1.48 bits per heavy atom. The summed E-state index contributed by atoms with van der Waals surface area (Å²) in [5.74, 6) is 1.07. The lowest BCUT2D eigenvalue weighted by atomic mass is 10.2. The van der Waals surface area contributed by atoms with Gasteiger partial charge in [0.2, 0.25) is 0 Å². The largest absolute Gasteiger partial charge is 0.383 e. The first-order valence-corrected chi connectivity index (χ1v) is 9.14. The fourth-order valence-corrected chi connectivity index (χ4v) is 3.60. The first-order chi connectivity index (χ1) is 9.70. The summed E-state index contributed by atoms with van der Waals surface area (Å²) in [6, 6.07) is 0.294. The molecule has 1 saturated heterocycles. The molecule has 0 spiro atoms. The smallest absolute Gasteiger partial charge is 0.182 e. The molecule has 7 nitrogen and oxygen atoms in total. The highest BCUT2D eigenvalue weighted by Crippen LogP contribution is 2.31. The summed E-state index contributed by atoms with van der Waals surface area (Å²) >= 11 is 0. The second-order valence-corrected chi connectivity index (χ2v) is 8.14. The molecule has 120 valence electrons. The summed E-state index contributed by atoms with van der Waals surface area (Å²) in [5, 5.41) is 7.82. The molecule has 0 saturated carbocycles. The van der Waals surface area contributed by atoms with Gasteiger partial charge in [-0.05, 0) is 12.8 Å². The quantitative estimate of drug-likeness (QED) is 0.831. The Hall–Kier alpha value is -1.28. The van der Waals surface area contributed by atoms with Gasteiger partial charge in [0, 0.05) is 38.5 Å². The van der Waals surface area contributed by atoms with Gasteiger partial charge in [-0.2, -0.15) is 5.10 Å². The van der Waals surface area contributed by atoms with Crippen LogP contribution in [0.15, 0.2) is 4.90 Å². The zero-order valence-corrected chi connectivity index (χ0v) is 13.9. The van der Waals surface area contributed by atoms with Crippen molar-refractivity contribution in [1.29, 1.82) is 0 Å². The first kappa shape index (κ1) is 16.1. The van der Waals surface area contributed by atoms with Gasteiger partial charge in [-0.15, -0.1) is 0 Å². The highest BCUT2D eigenvalue weighted by atomic mass is 32.2. The summed E-state index contributed by atoms with van der Waals surface area (Å²) in [5.41, 5.74) is 6.06. The van der Waals surface area contributed by atoms with Gasteiger partial charge in [0.05, 0.1) is 0 Å². The van der Waals surface area contributed by atoms with E-state index in [4.69, 9.17) is 5.73 Å². The summed E-state index contributed by atoms with van der Waals surface area (Å²) in [6.45, 7) is 9.03. The number of sulfone groups is 1. The lowest BCUT2D eigenvalue weighted by Gasteiger charge is -2.32. The minimum atomic E-state index is -3.42. The Morgan fingerprint density at radius 3 is 2.67 bits per heavy atom. The first-order valence-electron chi connectivity index (χ1n) is 7.24. The third-order valence-corrected chi connectivity index (χ3v) is 4.64. The van der Waals surface area contributed by atoms with Crippen LogP contribution in [0.2, 0.25) is 0 Å². The van der Waals surface area contributed by atoms with Gasteiger partial charge in [-0.3, -0.25) is 0 Å². The minimum Gasteiger partial charge on any atom is -0.383 e. The van der Waals surface area contributed by atoms with Crippen LogP contribution >= 0.6 is 0 Å². The molecule has 0 bridgehead atoms. The molecule has 3 N–H and O–H groups in total. The van der Waals surface area contributed by atoms with Crippen molar-refractivity contribution in [3.05, 3.63) is 0 Å². The minimum absolute atomic E-state index is 0.164. The number of nitrogen functional groups attached to an aromatic ring is 1.